The molecule has 0 atom stereocenters. The minimum Gasteiger partial charge on any atom is -0.355 e. The number of aromatic nitrogens is 3. The Hall–Kier alpha value is -2.40. The van der Waals surface area contributed by atoms with Crippen molar-refractivity contribution in [2.24, 2.45) is 0 Å². The fraction of sp³-hybridized carbons (Fsp3) is 0.235. The van der Waals surface area contributed by atoms with Crippen LogP contribution in [-0.4, -0.2) is 33.8 Å². The quantitative estimate of drug-likeness (QED) is 0.783. The predicted molar refractivity (Wildman–Crippen MR) is 90.8 cm³/mol. The summed E-state index contributed by atoms with van der Waals surface area (Å²) in [5.41, 5.74) is 2.84. The topological polar surface area (TPSA) is 61.9 Å². The first kappa shape index (κ1) is 14.2. The van der Waals surface area contributed by atoms with E-state index >= 15 is 0 Å². The van der Waals surface area contributed by atoms with Gasteiger partial charge in [-0.15, -0.1) is 0 Å². The van der Waals surface area contributed by atoms with E-state index in [-0.39, 0.29) is 0 Å². The molecular weight excluding hydrogens is 312 g/mol. The number of ketones is 1. The van der Waals surface area contributed by atoms with Gasteiger partial charge in [-0.3, -0.25) is 4.79 Å². The number of benzene rings is 1. The molecular formula is C17H15ClN4O. The molecule has 6 heteroatoms. The number of anilines is 1. The normalized spacial score (nSPS) is 15.3. The molecule has 0 spiro atoms. The van der Waals surface area contributed by atoms with Crippen LogP contribution in [0.25, 0.3) is 22.2 Å². The molecule has 0 saturated carbocycles. The highest BCUT2D eigenvalue weighted by molar-refractivity contribution is 6.31. The van der Waals surface area contributed by atoms with Crippen molar-refractivity contribution in [3.63, 3.8) is 0 Å². The summed E-state index contributed by atoms with van der Waals surface area (Å²) in [6, 6.07) is 7.73. The van der Waals surface area contributed by atoms with E-state index in [4.69, 9.17) is 11.6 Å². The van der Waals surface area contributed by atoms with E-state index in [1.807, 2.05) is 30.5 Å². The average molecular weight is 327 g/mol. The third kappa shape index (κ3) is 2.57. The minimum absolute atomic E-state index is 0.315. The lowest BCUT2D eigenvalue weighted by Crippen LogP contribution is -2.34. The first-order valence-corrected chi connectivity index (χ1v) is 7.95. The monoisotopic (exact) mass is 326 g/mol. The molecule has 116 valence electrons. The Balaban J connectivity index is 1.85. The first-order chi connectivity index (χ1) is 11.2. The fourth-order valence-corrected chi connectivity index (χ4v) is 3.23. The van der Waals surface area contributed by atoms with Gasteiger partial charge in [0.05, 0.1) is 5.39 Å². The molecule has 3 heterocycles. The van der Waals surface area contributed by atoms with Crippen molar-refractivity contribution in [2.75, 3.05) is 18.0 Å². The van der Waals surface area contributed by atoms with Crippen molar-refractivity contribution < 1.29 is 4.79 Å². The molecule has 1 fully saturated rings. The van der Waals surface area contributed by atoms with E-state index in [9.17, 15) is 4.79 Å². The zero-order valence-electron chi connectivity index (χ0n) is 12.4. The second-order valence-corrected chi connectivity index (χ2v) is 6.10. The van der Waals surface area contributed by atoms with E-state index in [1.54, 1.807) is 6.33 Å². The summed E-state index contributed by atoms with van der Waals surface area (Å²) in [5, 5.41) is 1.67. The number of carbonyl (C=O) groups is 1. The Labute approximate surface area is 138 Å². The molecule has 3 aromatic rings. The molecule has 1 saturated heterocycles. The number of nitrogens with one attached hydrogen (secondary N) is 1. The number of nitrogens with zero attached hydrogens (tertiary/aromatic N) is 3. The summed E-state index contributed by atoms with van der Waals surface area (Å²) < 4.78 is 0. The van der Waals surface area contributed by atoms with Crippen molar-refractivity contribution in [1.82, 2.24) is 15.0 Å². The molecule has 2 aromatic heterocycles. The molecule has 5 nitrogen and oxygen atoms in total. The maximum Gasteiger partial charge on any atom is 0.143 e. The Morgan fingerprint density at radius 1 is 1.17 bits per heavy atom. The van der Waals surface area contributed by atoms with Crippen molar-refractivity contribution in [3.8, 4) is 11.1 Å². The van der Waals surface area contributed by atoms with Crippen LogP contribution >= 0.6 is 11.6 Å². The lowest BCUT2D eigenvalue weighted by Gasteiger charge is -2.27. The van der Waals surface area contributed by atoms with Gasteiger partial charge in [0.2, 0.25) is 0 Å². The van der Waals surface area contributed by atoms with Gasteiger partial charge in [0.25, 0.3) is 0 Å². The van der Waals surface area contributed by atoms with Gasteiger partial charge in [-0.2, -0.15) is 0 Å². The van der Waals surface area contributed by atoms with E-state index in [1.165, 1.54) is 0 Å². The van der Waals surface area contributed by atoms with E-state index in [2.05, 4.69) is 19.9 Å². The van der Waals surface area contributed by atoms with Gasteiger partial charge in [0.15, 0.2) is 0 Å². The fourth-order valence-electron chi connectivity index (χ4n) is 3.04. The third-order valence-corrected chi connectivity index (χ3v) is 4.44. The number of aromatic amines is 1. The molecule has 0 aliphatic carbocycles. The zero-order valence-corrected chi connectivity index (χ0v) is 13.2. The zero-order chi connectivity index (χ0) is 15.8. The van der Waals surface area contributed by atoms with Crippen molar-refractivity contribution >= 4 is 34.2 Å². The molecule has 0 unspecified atom stereocenters. The van der Waals surface area contributed by atoms with E-state index in [0.717, 1.165) is 28.0 Å². The lowest BCUT2D eigenvalue weighted by molar-refractivity contribution is -0.119. The van der Waals surface area contributed by atoms with Crippen LogP contribution in [0, 0.1) is 0 Å². The van der Waals surface area contributed by atoms with Crippen LogP contribution in [0.4, 0.5) is 5.82 Å². The number of carbonyl (C=O) groups excluding carboxylic acids is 1. The van der Waals surface area contributed by atoms with Crippen LogP contribution in [0.2, 0.25) is 5.02 Å². The second kappa shape index (κ2) is 5.66. The Morgan fingerprint density at radius 3 is 2.78 bits per heavy atom. The Kier molecular flexibility index (Phi) is 3.50. The number of hydrogen-bond acceptors (Lipinski definition) is 4. The highest BCUT2D eigenvalue weighted by Gasteiger charge is 2.22. The molecule has 1 aromatic carbocycles. The lowest BCUT2D eigenvalue weighted by atomic mass is 10.0. The smallest absolute Gasteiger partial charge is 0.143 e. The maximum atomic E-state index is 11.5. The van der Waals surface area contributed by atoms with Crippen molar-refractivity contribution in [2.45, 2.75) is 12.8 Å². The molecule has 0 amide bonds. The molecule has 4 rings (SSSR count). The van der Waals surface area contributed by atoms with E-state index < -0.39 is 0 Å². The van der Waals surface area contributed by atoms with Crippen LogP contribution in [0.15, 0.2) is 36.8 Å². The summed E-state index contributed by atoms with van der Waals surface area (Å²) >= 11 is 6.13. The predicted octanol–water partition coefficient (Wildman–Crippen LogP) is 3.45. The van der Waals surface area contributed by atoms with Gasteiger partial charge in [-0.1, -0.05) is 23.7 Å². The summed E-state index contributed by atoms with van der Waals surface area (Å²) in [4.78, 5) is 25.7. The molecule has 23 heavy (non-hydrogen) atoms. The Bertz CT molecular complexity index is 879. The van der Waals surface area contributed by atoms with Crippen LogP contribution in [0.1, 0.15) is 12.8 Å². The molecule has 1 N–H and O–H groups in total. The molecule has 1 aliphatic rings. The number of hydrogen-bond donors (Lipinski definition) is 1. The van der Waals surface area contributed by atoms with Gasteiger partial charge in [-0.25, -0.2) is 9.97 Å². The number of Topliss-reactive ketones (excluding diaryl/α,β-unsaturated/α-hetero) is 1. The van der Waals surface area contributed by atoms with Gasteiger partial charge < -0.3 is 9.88 Å². The Morgan fingerprint density at radius 2 is 2.00 bits per heavy atom. The van der Waals surface area contributed by atoms with Crippen LogP contribution in [-0.2, 0) is 4.79 Å². The van der Waals surface area contributed by atoms with Crippen molar-refractivity contribution in [1.29, 1.82) is 0 Å². The van der Waals surface area contributed by atoms with Crippen molar-refractivity contribution in [3.05, 3.63) is 41.8 Å². The van der Waals surface area contributed by atoms with Gasteiger partial charge >= 0.3 is 0 Å². The maximum absolute atomic E-state index is 11.5. The number of piperidine rings is 1. The number of halogens is 1. The summed E-state index contributed by atoms with van der Waals surface area (Å²) in [5.74, 6) is 1.19. The van der Waals surface area contributed by atoms with E-state index in [0.29, 0.717) is 36.7 Å². The minimum atomic E-state index is 0.315. The second-order valence-electron chi connectivity index (χ2n) is 5.66. The summed E-state index contributed by atoms with van der Waals surface area (Å²) in [7, 11) is 0. The van der Waals surface area contributed by atoms with Crippen LogP contribution in [0.3, 0.4) is 0 Å². The summed E-state index contributed by atoms with van der Waals surface area (Å²) in [6.07, 6.45) is 4.64. The highest BCUT2D eigenvalue weighted by atomic mass is 35.5. The molecule has 0 bridgehead atoms. The van der Waals surface area contributed by atoms with Gasteiger partial charge in [0, 0.05) is 42.7 Å². The number of H-pyrrole nitrogens is 1. The average Bonchev–Trinajstić information content (AvgIpc) is 3.00. The molecule has 1 aliphatic heterocycles. The van der Waals surface area contributed by atoms with Crippen LogP contribution < -0.4 is 4.90 Å². The standard InChI is InChI=1S/C17H15ClN4O/c18-12-3-1-2-11(8-12)14-9-19-16-15(14)17(21-10-20-16)22-6-4-13(23)5-7-22/h1-3,8-10H,4-7H2,(H,19,20,21). The summed E-state index contributed by atoms with van der Waals surface area (Å²) in [6.45, 7) is 1.40. The first-order valence-electron chi connectivity index (χ1n) is 7.57. The van der Waals surface area contributed by atoms with Gasteiger partial charge in [-0.05, 0) is 17.7 Å². The molecule has 0 radical (unpaired) electrons. The third-order valence-electron chi connectivity index (χ3n) is 4.21. The van der Waals surface area contributed by atoms with Gasteiger partial charge in [0.1, 0.15) is 23.6 Å². The number of fused-ring (bicyclic) bond motifs is 1. The highest BCUT2D eigenvalue weighted by Crippen LogP contribution is 2.35. The largest absolute Gasteiger partial charge is 0.355 e. The number of rotatable bonds is 2. The SMILES string of the molecule is O=C1CCN(c2ncnc3[nH]cc(-c4cccc(Cl)c4)c23)CC1. The van der Waals surface area contributed by atoms with Crippen LogP contribution in [0.5, 0.6) is 0 Å².